The first-order valence-electron chi connectivity index (χ1n) is 7.50. The molecule has 0 bridgehead atoms. The van der Waals surface area contributed by atoms with Crippen LogP contribution < -0.4 is 10.6 Å². The van der Waals surface area contributed by atoms with Crippen LogP contribution in [0.25, 0.3) is 5.69 Å². The van der Waals surface area contributed by atoms with Gasteiger partial charge in [-0.25, -0.2) is 9.18 Å². The average Bonchev–Trinajstić information content (AvgIpc) is 2.90. The highest BCUT2D eigenvalue weighted by Gasteiger charge is 2.26. The van der Waals surface area contributed by atoms with Crippen LogP contribution in [0.15, 0.2) is 29.4 Å². The number of aromatic nitrogens is 3. The van der Waals surface area contributed by atoms with Crippen molar-refractivity contribution in [2.45, 2.75) is 31.0 Å². The van der Waals surface area contributed by atoms with E-state index in [0.717, 1.165) is 11.4 Å². The molecular weight excluding hydrogens is 333 g/mol. The summed E-state index contributed by atoms with van der Waals surface area (Å²) in [6.45, 7) is 2.00. The van der Waals surface area contributed by atoms with Gasteiger partial charge in [0.2, 0.25) is 5.91 Å². The number of urea groups is 1. The summed E-state index contributed by atoms with van der Waals surface area (Å²) in [6.07, 6.45) is 0.534. The molecule has 1 aromatic heterocycles. The van der Waals surface area contributed by atoms with Crippen LogP contribution >= 0.6 is 11.8 Å². The summed E-state index contributed by atoms with van der Waals surface area (Å²) in [7, 11) is 0. The first kappa shape index (κ1) is 16.4. The van der Waals surface area contributed by atoms with Gasteiger partial charge in [-0.1, -0.05) is 18.7 Å². The van der Waals surface area contributed by atoms with Gasteiger partial charge in [-0.15, -0.1) is 10.2 Å². The summed E-state index contributed by atoms with van der Waals surface area (Å²) in [6, 6.07) is 5.17. The van der Waals surface area contributed by atoms with Crippen LogP contribution in [0, 0.1) is 5.82 Å². The Hall–Kier alpha value is -2.42. The minimum absolute atomic E-state index is 0.179. The summed E-state index contributed by atoms with van der Waals surface area (Å²) < 4.78 is 15.0. The van der Waals surface area contributed by atoms with E-state index in [1.807, 2.05) is 11.5 Å². The lowest BCUT2D eigenvalue weighted by molar-refractivity contribution is -0.121. The topological polar surface area (TPSA) is 88.9 Å². The van der Waals surface area contributed by atoms with E-state index < -0.39 is 6.03 Å². The molecule has 2 heterocycles. The van der Waals surface area contributed by atoms with Crippen LogP contribution in [-0.2, 0) is 11.2 Å². The maximum absolute atomic E-state index is 13.2. The van der Waals surface area contributed by atoms with Crippen molar-refractivity contribution in [1.82, 2.24) is 25.4 Å². The minimum Gasteiger partial charge on any atom is -0.334 e. The van der Waals surface area contributed by atoms with Crippen molar-refractivity contribution < 1.29 is 14.0 Å². The normalized spacial score (nSPS) is 17.5. The molecule has 2 aromatic rings. The van der Waals surface area contributed by atoms with Crippen LogP contribution in [-0.4, -0.2) is 38.5 Å². The number of nitrogens with zero attached hydrogens (tertiary/aromatic N) is 3. The van der Waals surface area contributed by atoms with Gasteiger partial charge in [-0.3, -0.25) is 14.7 Å². The SMILES string of the molecule is CCSc1nnc(CC2CC(=O)NC(=O)N2)n1-c1ccc(F)cc1. The predicted molar refractivity (Wildman–Crippen MR) is 86.5 cm³/mol. The maximum Gasteiger partial charge on any atom is 0.321 e. The Kier molecular flexibility index (Phi) is 4.79. The van der Waals surface area contributed by atoms with Gasteiger partial charge in [0, 0.05) is 24.6 Å². The van der Waals surface area contributed by atoms with E-state index in [-0.39, 0.29) is 24.2 Å². The number of imide groups is 1. The second-order valence-corrected chi connectivity index (χ2v) is 6.50. The van der Waals surface area contributed by atoms with E-state index >= 15 is 0 Å². The molecule has 1 atom stereocenters. The zero-order chi connectivity index (χ0) is 17.1. The highest BCUT2D eigenvalue weighted by atomic mass is 32.2. The fraction of sp³-hybridized carbons (Fsp3) is 0.333. The Morgan fingerprint density at radius 3 is 2.71 bits per heavy atom. The van der Waals surface area contributed by atoms with Crippen molar-refractivity contribution in [3.8, 4) is 5.69 Å². The lowest BCUT2D eigenvalue weighted by atomic mass is 10.1. The highest BCUT2D eigenvalue weighted by molar-refractivity contribution is 7.99. The van der Waals surface area contributed by atoms with Crippen LogP contribution in [0.2, 0.25) is 0 Å². The molecule has 0 radical (unpaired) electrons. The van der Waals surface area contributed by atoms with Crippen molar-refractivity contribution in [1.29, 1.82) is 0 Å². The van der Waals surface area contributed by atoms with E-state index in [2.05, 4.69) is 20.8 Å². The van der Waals surface area contributed by atoms with Gasteiger partial charge in [0.25, 0.3) is 0 Å². The van der Waals surface area contributed by atoms with Crippen LogP contribution in [0.5, 0.6) is 0 Å². The van der Waals surface area contributed by atoms with Gasteiger partial charge in [-0.2, -0.15) is 0 Å². The quantitative estimate of drug-likeness (QED) is 0.802. The Labute approximate surface area is 142 Å². The van der Waals surface area contributed by atoms with E-state index in [1.54, 1.807) is 12.1 Å². The number of carbonyl (C=O) groups excluding carboxylic acids is 2. The zero-order valence-corrected chi connectivity index (χ0v) is 13.8. The van der Waals surface area contributed by atoms with E-state index in [0.29, 0.717) is 17.4 Å². The van der Waals surface area contributed by atoms with Crippen molar-refractivity contribution in [3.05, 3.63) is 35.9 Å². The van der Waals surface area contributed by atoms with Crippen LogP contribution in [0.4, 0.5) is 9.18 Å². The van der Waals surface area contributed by atoms with Crippen molar-refractivity contribution in [2.24, 2.45) is 0 Å². The number of amides is 3. The number of hydrogen-bond donors (Lipinski definition) is 2. The molecule has 24 heavy (non-hydrogen) atoms. The second-order valence-electron chi connectivity index (χ2n) is 5.27. The van der Waals surface area contributed by atoms with Crippen molar-refractivity contribution >= 4 is 23.7 Å². The van der Waals surface area contributed by atoms with Crippen LogP contribution in [0.1, 0.15) is 19.2 Å². The molecule has 0 aliphatic carbocycles. The molecule has 0 spiro atoms. The fourth-order valence-electron chi connectivity index (χ4n) is 2.52. The molecule has 1 saturated heterocycles. The van der Waals surface area contributed by atoms with Crippen LogP contribution in [0.3, 0.4) is 0 Å². The standard InChI is InChI=1S/C15H16FN5O2S/c1-2-24-15-20-19-12(7-10-8-13(22)18-14(23)17-10)21(15)11-5-3-9(16)4-6-11/h3-6,10H,2,7-8H2,1H3,(H2,17,18,22,23). The summed E-state index contributed by atoms with van der Waals surface area (Å²) in [5.74, 6) is 0.772. The van der Waals surface area contributed by atoms with Gasteiger partial charge < -0.3 is 5.32 Å². The molecule has 3 rings (SSSR count). The Morgan fingerprint density at radius 2 is 2.04 bits per heavy atom. The Morgan fingerprint density at radius 1 is 1.29 bits per heavy atom. The molecule has 126 valence electrons. The molecule has 1 aliphatic heterocycles. The summed E-state index contributed by atoms with van der Waals surface area (Å²) in [5, 5.41) is 14.0. The lowest BCUT2D eigenvalue weighted by Crippen LogP contribution is -2.53. The maximum atomic E-state index is 13.2. The highest BCUT2D eigenvalue weighted by Crippen LogP contribution is 2.23. The van der Waals surface area contributed by atoms with Crippen molar-refractivity contribution in [3.63, 3.8) is 0 Å². The zero-order valence-electron chi connectivity index (χ0n) is 13.0. The molecule has 0 saturated carbocycles. The van der Waals surface area contributed by atoms with Gasteiger partial charge in [0.15, 0.2) is 5.16 Å². The number of thioether (sulfide) groups is 1. The largest absolute Gasteiger partial charge is 0.334 e. The third-order valence-corrected chi connectivity index (χ3v) is 4.32. The summed E-state index contributed by atoms with van der Waals surface area (Å²) in [5.41, 5.74) is 0.735. The molecule has 2 N–H and O–H groups in total. The van der Waals surface area contributed by atoms with E-state index in [1.165, 1.54) is 23.9 Å². The number of carbonyl (C=O) groups is 2. The minimum atomic E-state index is -0.507. The third-order valence-electron chi connectivity index (χ3n) is 3.51. The molecule has 9 heteroatoms. The molecule has 7 nitrogen and oxygen atoms in total. The fourth-order valence-corrected chi connectivity index (χ4v) is 3.22. The number of benzene rings is 1. The van der Waals surface area contributed by atoms with Gasteiger partial charge in [-0.05, 0) is 30.0 Å². The van der Waals surface area contributed by atoms with Gasteiger partial charge in [0.05, 0.1) is 0 Å². The van der Waals surface area contributed by atoms with E-state index in [4.69, 9.17) is 0 Å². The number of nitrogens with one attached hydrogen (secondary N) is 2. The second kappa shape index (κ2) is 7.00. The molecule has 3 amide bonds. The van der Waals surface area contributed by atoms with Gasteiger partial charge in [0.1, 0.15) is 11.6 Å². The first-order valence-corrected chi connectivity index (χ1v) is 8.48. The Bertz CT molecular complexity index is 746. The number of rotatable bonds is 5. The predicted octanol–water partition coefficient (Wildman–Crippen LogP) is 1.66. The number of hydrogen-bond acceptors (Lipinski definition) is 5. The van der Waals surface area contributed by atoms with Crippen molar-refractivity contribution in [2.75, 3.05) is 5.75 Å². The molecule has 1 fully saturated rings. The smallest absolute Gasteiger partial charge is 0.321 e. The van der Waals surface area contributed by atoms with Gasteiger partial charge >= 0.3 is 6.03 Å². The lowest BCUT2D eigenvalue weighted by Gasteiger charge is -2.23. The first-order chi connectivity index (χ1) is 11.6. The average molecular weight is 349 g/mol. The summed E-state index contributed by atoms with van der Waals surface area (Å²) in [4.78, 5) is 23.0. The molecule has 1 aromatic carbocycles. The third kappa shape index (κ3) is 3.56. The molecule has 1 aliphatic rings. The molecular formula is C15H16FN5O2S. The van der Waals surface area contributed by atoms with E-state index in [9.17, 15) is 14.0 Å². The molecule has 1 unspecified atom stereocenters. The summed E-state index contributed by atoms with van der Waals surface area (Å²) >= 11 is 1.51. The Balaban J connectivity index is 1.91. The number of halogens is 1. The monoisotopic (exact) mass is 349 g/mol.